The highest BCUT2D eigenvalue weighted by Crippen LogP contribution is 2.22. The first-order chi connectivity index (χ1) is 7.29. The van der Waals surface area contributed by atoms with Gasteiger partial charge in [-0.2, -0.15) is 5.26 Å². The van der Waals surface area contributed by atoms with Gasteiger partial charge in [0.15, 0.2) is 0 Å². The number of hydrogen-bond donors (Lipinski definition) is 0. The van der Waals surface area contributed by atoms with Crippen molar-refractivity contribution in [1.82, 2.24) is 0 Å². The van der Waals surface area contributed by atoms with Gasteiger partial charge in [-0.25, -0.2) is 0 Å². The first-order valence-electron chi connectivity index (χ1n) is 5.05. The standard InChI is InChI=1S/C12H13NO2/c1-9-6-10(7-13)2-3-12(9)15-11-4-5-14-8-11/h2-3,6,11H,4-5,8H2,1H3/t11-/m0/s1. The van der Waals surface area contributed by atoms with Crippen LogP contribution in [0.4, 0.5) is 0 Å². The van der Waals surface area contributed by atoms with E-state index in [-0.39, 0.29) is 6.10 Å². The second kappa shape index (κ2) is 4.33. The number of aryl methyl sites for hydroxylation is 1. The second-order valence-corrected chi connectivity index (χ2v) is 3.70. The number of hydrogen-bond acceptors (Lipinski definition) is 3. The van der Waals surface area contributed by atoms with Gasteiger partial charge in [-0.3, -0.25) is 0 Å². The van der Waals surface area contributed by atoms with Crippen LogP contribution in [0.15, 0.2) is 18.2 Å². The van der Waals surface area contributed by atoms with Crippen molar-refractivity contribution in [3.05, 3.63) is 29.3 Å². The van der Waals surface area contributed by atoms with Gasteiger partial charge >= 0.3 is 0 Å². The van der Waals surface area contributed by atoms with Crippen LogP contribution in [0, 0.1) is 18.3 Å². The zero-order chi connectivity index (χ0) is 10.7. The number of benzene rings is 1. The fourth-order valence-corrected chi connectivity index (χ4v) is 1.64. The topological polar surface area (TPSA) is 42.2 Å². The zero-order valence-corrected chi connectivity index (χ0v) is 8.69. The van der Waals surface area contributed by atoms with Crippen molar-refractivity contribution in [2.75, 3.05) is 13.2 Å². The summed E-state index contributed by atoms with van der Waals surface area (Å²) in [6, 6.07) is 7.58. The van der Waals surface area contributed by atoms with Crippen LogP contribution in [0.1, 0.15) is 17.5 Å². The molecule has 2 rings (SSSR count). The van der Waals surface area contributed by atoms with E-state index in [2.05, 4.69) is 6.07 Å². The minimum Gasteiger partial charge on any atom is -0.488 e. The molecule has 0 radical (unpaired) electrons. The average Bonchev–Trinajstić information content (AvgIpc) is 2.74. The summed E-state index contributed by atoms with van der Waals surface area (Å²) in [7, 11) is 0. The SMILES string of the molecule is Cc1cc(C#N)ccc1O[C@H]1CCOC1. The Balaban J connectivity index is 2.11. The summed E-state index contributed by atoms with van der Waals surface area (Å²) in [4.78, 5) is 0. The maximum atomic E-state index is 8.73. The van der Waals surface area contributed by atoms with E-state index < -0.39 is 0 Å². The van der Waals surface area contributed by atoms with Crippen LogP contribution in [0.5, 0.6) is 5.75 Å². The van der Waals surface area contributed by atoms with Crippen LogP contribution in [-0.4, -0.2) is 19.3 Å². The van der Waals surface area contributed by atoms with E-state index in [1.54, 1.807) is 6.07 Å². The van der Waals surface area contributed by atoms with E-state index in [0.29, 0.717) is 12.2 Å². The Kier molecular flexibility index (Phi) is 2.89. The maximum Gasteiger partial charge on any atom is 0.124 e. The van der Waals surface area contributed by atoms with Crippen molar-refractivity contribution in [3.8, 4) is 11.8 Å². The maximum absolute atomic E-state index is 8.73. The Hall–Kier alpha value is -1.53. The monoisotopic (exact) mass is 203 g/mol. The Morgan fingerprint density at radius 1 is 1.53 bits per heavy atom. The molecule has 0 aromatic heterocycles. The molecule has 1 saturated heterocycles. The third-order valence-electron chi connectivity index (χ3n) is 2.49. The van der Waals surface area contributed by atoms with Gasteiger partial charge in [0, 0.05) is 6.42 Å². The molecule has 78 valence electrons. The zero-order valence-electron chi connectivity index (χ0n) is 8.69. The second-order valence-electron chi connectivity index (χ2n) is 3.70. The third kappa shape index (κ3) is 2.28. The van der Waals surface area contributed by atoms with Crippen LogP contribution < -0.4 is 4.74 Å². The normalized spacial score (nSPS) is 19.9. The van der Waals surface area contributed by atoms with Crippen LogP contribution in [0.25, 0.3) is 0 Å². The Morgan fingerprint density at radius 3 is 3.00 bits per heavy atom. The summed E-state index contributed by atoms with van der Waals surface area (Å²) in [5.41, 5.74) is 1.67. The van der Waals surface area contributed by atoms with Crippen molar-refractivity contribution < 1.29 is 9.47 Å². The van der Waals surface area contributed by atoms with Crippen molar-refractivity contribution in [1.29, 1.82) is 5.26 Å². The lowest BCUT2D eigenvalue weighted by Gasteiger charge is -2.13. The lowest BCUT2D eigenvalue weighted by Crippen LogP contribution is -2.16. The van der Waals surface area contributed by atoms with Gasteiger partial charge in [0.1, 0.15) is 11.9 Å². The predicted molar refractivity (Wildman–Crippen MR) is 55.7 cm³/mol. The molecule has 3 heteroatoms. The minimum atomic E-state index is 0.164. The quantitative estimate of drug-likeness (QED) is 0.738. The molecule has 1 aliphatic heterocycles. The van der Waals surface area contributed by atoms with Crippen molar-refractivity contribution >= 4 is 0 Å². The van der Waals surface area contributed by atoms with Crippen molar-refractivity contribution in [2.45, 2.75) is 19.4 Å². The molecule has 1 atom stereocenters. The minimum absolute atomic E-state index is 0.164. The number of nitriles is 1. The first-order valence-corrected chi connectivity index (χ1v) is 5.05. The van der Waals surface area contributed by atoms with Crippen LogP contribution in [0.3, 0.4) is 0 Å². The Bertz CT molecular complexity index is 389. The van der Waals surface area contributed by atoms with E-state index in [1.165, 1.54) is 0 Å². The summed E-state index contributed by atoms with van der Waals surface area (Å²) in [5, 5.41) is 8.73. The lowest BCUT2D eigenvalue weighted by molar-refractivity contribution is 0.141. The molecule has 0 N–H and O–H groups in total. The van der Waals surface area contributed by atoms with Gasteiger partial charge in [-0.15, -0.1) is 0 Å². The molecule has 0 aliphatic carbocycles. The van der Waals surface area contributed by atoms with Gasteiger partial charge < -0.3 is 9.47 Å². The molecule has 0 bridgehead atoms. The summed E-state index contributed by atoms with van der Waals surface area (Å²) < 4.78 is 11.0. The summed E-state index contributed by atoms with van der Waals surface area (Å²) >= 11 is 0. The molecular formula is C12H13NO2. The highest BCUT2D eigenvalue weighted by atomic mass is 16.5. The summed E-state index contributed by atoms with van der Waals surface area (Å²) in [5.74, 6) is 0.851. The van der Waals surface area contributed by atoms with Gasteiger partial charge in [0.25, 0.3) is 0 Å². The number of rotatable bonds is 2. The van der Waals surface area contributed by atoms with E-state index >= 15 is 0 Å². The average molecular weight is 203 g/mol. The molecule has 1 aliphatic rings. The van der Waals surface area contributed by atoms with Crippen molar-refractivity contribution in [3.63, 3.8) is 0 Å². The first kappa shape index (κ1) is 10.0. The predicted octanol–water partition coefficient (Wildman–Crippen LogP) is 2.03. The molecule has 0 unspecified atom stereocenters. The van der Waals surface area contributed by atoms with Crippen LogP contribution >= 0.6 is 0 Å². The van der Waals surface area contributed by atoms with Crippen LogP contribution in [0.2, 0.25) is 0 Å². The molecular weight excluding hydrogens is 190 g/mol. The molecule has 3 nitrogen and oxygen atoms in total. The van der Waals surface area contributed by atoms with E-state index in [1.807, 2.05) is 19.1 Å². The van der Waals surface area contributed by atoms with E-state index in [0.717, 1.165) is 24.3 Å². The van der Waals surface area contributed by atoms with E-state index in [4.69, 9.17) is 14.7 Å². The fourth-order valence-electron chi connectivity index (χ4n) is 1.64. The molecule has 1 aromatic carbocycles. The molecule has 1 heterocycles. The summed E-state index contributed by atoms with van der Waals surface area (Å²) in [6.45, 7) is 3.39. The molecule has 1 aromatic rings. The fraction of sp³-hybridized carbons (Fsp3) is 0.417. The largest absolute Gasteiger partial charge is 0.488 e. The number of nitrogens with zero attached hydrogens (tertiary/aromatic N) is 1. The molecule has 0 amide bonds. The van der Waals surface area contributed by atoms with Gasteiger partial charge in [-0.05, 0) is 30.7 Å². The van der Waals surface area contributed by atoms with Gasteiger partial charge in [-0.1, -0.05) is 0 Å². The van der Waals surface area contributed by atoms with Gasteiger partial charge in [0.05, 0.1) is 24.8 Å². The third-order valence-corrected chi connectivity index (χ3v) is 2.49. The number of ether oxygens (including phenoxy) is 2. The van der Waals surface area contributed by atoms with E-state index in [9.17, 15) is 0 Å². The molecule has 15 heavy (non-hydrogen) atoms. The Labute approximate surface area is 89.2 Å². The Morgan fingerprint density at radius 2 is 2.40 bits per heavy atom. The summed E-state index contributed by atoms with van der Waals surface area (Å²) in [6.07, 6.45) is 1.11. The van der Waals surface area contributed by atoms with Crippen molar-refractivity contribution in [2.24, 2.45) is 0 Å². The highest BCUT2D eigenvalue weighted by Gasteiger charge is 2.17. The molecule has 0 spiro atoms. The smallest absolute Gasteiger partial charge is 0.124 e. The molecule has 0 saturated carbocycles. The lowest BCUT2D eigenvalue weighted by atomic mass is 10.1. The van der Waals surface area contributed by atoms with Crippen LogP contribution in [-0.2, 0) is 4.74 Å². The molecule has 1 fully saturated rings. The van der Waals surface area contributed by atoms with Gasteiger partial charge in [0.2, 0.25) is 0 Å². The highest BCUT2D eigenvalue weighted by molar-refractivity contribution is 5.41.